The van der Waals surface area contributed by atoms with Crippen LogP contribution in [0.4, 0.5) is 19.0 Å². The van der Waals surface area contributed by atoms with Crippen molar-refractivity contribution >= 4 is 5.82 Å². The van der Waals surface area contributed by atoms with Crippen LogP contribution in [0.15, 0.2) is 79.1 Å². The molecule has 0 saturated carbocycles. The van der Waals surface area contributed by atoms with E-state index in [1.165, 1.54) is 18.6 Å². The van der Waals surface area contributed by atoms with Crippen LogP contribution < -0.4 is 9.64 Å². The smallest absolute Gasteiger partial charge is 0.406 e. The summed E-state index contributed by atoms with van der Waals surface area (Å²) in [6.45, 7) is 1.91. The van der Waals surface area contributed by atoms with Gasteiger partial charge in [-0.15, -0.1) is 13.2 Å². The van der Waals surface area contributed by atoms with Crippen LogP contribution in [0.3, 0.4) is 0 Å². The lowest BCUT2D eigenvalue weighted by Crippen LogP contribution is -2.30. The Morgan fingerprint density at radius 3 is 2.14 bits per heavy atom. The van der Waals surface area contributed by atoms with Gasteiger partial charge in [-0.25, -0.2) is 9.97 Å². The Bertz CT molecular complexity index is 1290. The second kappa shape index (κ2) is 9.74. The molecule has 0 bridgehead atoms. The Hall–Kier alpha value is -3.94. The first-order valence-electron chi connectivity index (χ1n) is 11.5. The third kappa shape index (κ3) is 5.59. The van der Waals surface area contributed by atoms with Crippen LogP contribution in [-0.4, -0.2) is 34.4 Å². The van der Waals surface area contributed by atoms with Gasteiger partial charge in [0.2, 0.25) is 0 Å². The van der Waals surface area contributed by atoms with Crippen LogP contribution in [0, 0.1) is 0 Å². The highest BCUT2D eigenvalue weighted by atomic mass is 19.4. The second-order valence-corrected chi connectivity index (χ2v) is 8.38. The molecule has 0 N–H and O–H groups in total. The fourth-order valence-electron chi connectivity index (χ4n) is 4.17. The van der Waals surface area contributed by atoms with E-state index in [0.29, 0.717) is 5.82 Å². The molecule has 0 amide bonds. The summed E-state index contributed by atoms with van der Waals surface area (Å²) in [5.74, 6) is 1.26. The lowest BCUT2D eigenvalue weighted by atomic mass is 10.0. The Kier molecular flexibility index (Phi) is 6.35. The molecule has 0 unspecified atom stereocenters. The largest absolute Gasteiger partial charge is 0.573 e. The van der Waals surface area contributed by atoms with E-state index >= 15 is 0 Å². The van der Waals surface area contributed by atoms with Crippen molar-refractivity contribution in [3.8, 4) is 39.5 Å². The molecule has 5 rings (SSSR count). The van der Waals surface area contributed by atoms with Gasteiger partial charge in [-0.1, -0.05) is 42.5 Å². The van der Waals surface area contributed by atoms with E-state index < -0.39 is 6.36 Å². The maximum absolute atomic E-state index is 12.5. The van der Waals surface area contributed by atoms with E-state index in [9.17, 15) is 13.2 Å². The number of ether oxygens (including phenoxy) is 1. The average molecular weight is 477 g/mol. The summed E-state index contributed by atoms with van der Waals surface area (Å²) in [5.41, 5.74) is 3.96. The average Bonchev–Trinajstić information content (AvgIpc) is 2.89. The maximum atomic E-state index is 12.5. The van der Waals surface area contributed by atoms with Crippen molar-refractivity contribution in [3.05, 3.63) is 79.1 Å². The zero-order chi connectivity index (χ0) is 24.3. The fourth-order valence-corrected chi connectivity index (χ4v) is 4.17. The minimum Gasteiger partial charge on any atom is -0.406 e. The first-order valence-corrected chi connectivity index (χ1v) is 11.5. The molecule has 1 fully saturated rings. The van der Waals surface area contributed by atoms with Gasteiger partial charge in [0.15, 0.2) is 5.82 Å². The number of hydrogen-bond donors (Lipinski definition) is 0. The SMILES string of the molecule is FC(F)(F)Oc1ccc(-c2cncc(-c3cc(N4CCCCC4)nc(-c4ccccc4)n3)c2)cc1. The summed E-state index contributed by atoms with van der Waals surface area (Å²) in [6, 6.07) is 19.5. The molecule has 2 aromatic heterocycles. The molecule has 8 heteroatoms. The number of hydrogen-bond acceptors (Lipinski definition) is 5. The standard InChI is InChI=1S/C27H23F3N4O/c28-27(29,30)35-23-11-9-19(10-12-23)21-15-22(18-31-17-21)24-16-25(34-13-5-2-6-14-34)33-26(32-24)20-7-3-1-4-8-20/h1,3-4,7-12,15-18H,2,5-6,13-14H2. The van der Waals surface area contributed by atoms with Crippen molar-refractivity contribution in [2.24, 2.45) is 0 Å². The third-order valence-corrected chi connectivity index (χ3v) is 5.88. The quantitative estimate of drug-likeness (QED) is 0.319. The summed E-state index contributed by atoms with van der Waals surface area (Å²) in [7, 11) is 0. The van der Waals surface area contributed by atoms with E-state index in [-0.39, 0.29) is 5.75 Å². The number of halogens is 3. The minimum atomic E-state index is -4.72. The van der Waals surface area contributed by atoms with Gasteiger partial charge < -0.3 is 9.64 Å². The summed E-state index contributed by atoms with van der Waals surface area (Å²) in [4.78, 5) is 16.4. The highest BCUT2D eigenvalue weighted by Gasteiger charge is 2.31. The number of aromatic nitrogens is 3. The lowest BCUT2D eigenvalue weighted by molar-refractivity contribution is -0.274. The van der Waals surface area contributed by atoms with Crippen molar-refractivity contribution in [1.82, 2.24) is 15.0 Å². The Labute approximate surface area is 201 Å². The number of rotatable bonds is 5. The highest BCUT2D eigenvalue weighted by Crippen LogP contribution is 2.31. The van der Waals surface area contributed by atoms with Gasteiger partial charge in [0, 0.05) is 48.2 Å². The molecule has 4 aromatic rings. The third-order valence-electron chi connectivity index (χ3n) is 5.88. The van der Waals surface area contributed by atoms with Gasteiger partial charge >= 0.3 is 6.36 Å². The van der Waals surface area contributed by atoms with Gasteiger partial charge in [0.1, 0.15) is 11.6 Å². The van der Waals surface area contributed by atoms with Gasteiger partial charge in [-0.05, 0) is 43.0 Å². The minimum absolute atomic E-state index is 0.264. The number of nitrogens with zero attached hydrogens (tertiary/aromatic N) is 4. The molecule has 178 valence electrons. The molecule has 0 radical (unpaired) electrons. The van der Waals surface area contributed by atoms with Gasteiger partial charge in [-0.3, -0.25) is 4.98 Å². The maximum Gasteiger partial charge on any atom is 0.573 e. The van der Waals surface area contributed by atoms with E-state index in [1.54, 1.807) is 24.5 Å². The van der Waals surface area contributed by atoms with E-state index in [4.69, 9.17) is 9.97 Å². The van der Waals surface area contributed by atoms with Crippen LogP contribution in [-0.2, 0) is 0 Å². The molecule has 1 aliphatic rings. The first-order chi connectivity index (χ1) is 16.9. The van der Waals surface area contributed by atoms with Gasteiger partial charge in [0.05, 0.1) is 5.69 Å². The van der Waals surface area contributed by atoms with Crippen LogP contribution >= 0.6 is 0 Å². The highest BCUT2D eigenvalue weighted by molar-refractivity contribution is 5.73. The Morgan fingerprint density at radius 1 is 0.714 bits per heavy atom. The normalized spacial score (nSPS) is 14.1. The molecular formula is C27H23F3N4O. The predicted octanol–water partition coefficient (Wildman–Crippen LogP) is 6.76. The second-order valence-electron chi connectivity index (χ2n) is 8.38. The van der Waals surface area contributed by atoms with E-state index in [0.717, 1.165) is 59.7 Å². The predicted molar refractivity (Wildman–Crippen MR) is 129 cm³/mol. The lowest BCUT2D eigenvalue weighted by Gasteiger charge is -2.28. The Morgan fingerprint density at radius 2 is 1.43 bits per heavy atom. The number of anilines is 1. The topological polar surface area (TPSA) is 51.1 Å². The molecule has 1 aliphatic heterocycles. The molecule has 2 aromatic carbocycles. The van der Waals surface area contributed by atoms with Gasteiger partial charge in [-0.2, -0.15) is 0 Å². The monoisotopic (exact) mass is 476 g/mol. The Balaban J connectivity index is 1.51. The fraction of sp³-hybridized carbons (Fsp3) is 0.222. The number of alkyl halides is 3. The summed E-state index contributed by atoms with van der Waals surface area (Å²) < 4.78 is 41.4. The van der Waals surface area contributed by atoms with E-state index in [2.05, 4.69) is 14.6 Å². The number of pyridine rings is 1. The van der Waals surface area contributed by atoms with Crippen molar-refractivity contribution < 1.29 is 17.9 Å². The molecule has 1 saturated heterocycles. The first kappa shape index (κ1) is 22.8. The molecule has 0 spiro atoms. The van der Waals surface area contributed by atoms with Crippen LogP contribution in [0.1, 0.15) is 19.3 Å². The summed E-state index contributed by atoms with van der Waals surface area (Å²) in [5, 5.41) is 0. The molecule has 35 heavy (non-hydrogen) atoms. The van der Waals surface area contributed by atoms with Crippen molar-refractivity contribution in [3.63, 3.8) is 0 Å². The van der Waals surface area contributed by atoms with Crippen molar-refractivity contribution in [2.75, 3.05) is 18.0 Å². The van der Waals surface area contributed by atoms with Crippen LogP contribution in [0.5, 0.6) is 5.75 Å². The van der Waals surface area contributed by atoms with Crippen molar-refractivity contribution in [1.29, 1.82) is 0 Å². The number of benzene rings is 2. The van der Waals surface area contributed by atoms with E-state index in [1.807, 2.05) is 42.5 Å². The summed E-state index contributed by atoms with van der Waals surface area (Å²) >= 11 is 0. The zero-order valence-electron chi connectivity index (χ0n) is 18.9. The van der Waals surface area contributed by atoms with Crippen molar-refractivity contribution in [2.45, 2.75) is 25.6 Å². The molecular weight excluding hydrogens is 453 g/mol. The number of piperidine rings is 1. The zero-order valence-corrected chi connectivity index (χ0v) is 18.9. The molecule has 0 aliphatic carbocycles. The molecule has 5 nitrogen and oxygen atoms in total. The van der Waals surface area contributed by atoms with Crippen LogP contribution in [0.2, 0.25) is 0 Å². The van der Waals surface area contributed by atoms with Crippen LogP contribution in [0.25, 0.3) is 33.8 Å². The summed E-state index contributed by atoms with van der Waals surface area (Å²) in [6.07, 6.45) is 2.17. The van der Waals surface area contributed by atoms with Gasteiger partial charge in [0.25, 0.3) is 0 Å². The molecule has 0 atom stereocenters. The molecule has 3 heterocycles.